The highest BCUT2D eigenvalue weighted by atomic mass is 19.1. The molecule has 2 rings (SSSR count). The van der Waals surface area contributed by atoms with Crippen molar-refractivity contribution in [3.63, 3.8) is 0 Å². The molecule has 1 aromatic rings. The first-order valence-electron chi connectivity index (χ1n) is 7.16. The van der Waals surface area contributed by atoms with Gasteiger partial charge < -0.3 is 0 Å². The molecule has 0 amide bonds. The van der Waals surface area contributed by atoms with Gasteiger partial charge in [-0.2, -0.15) is 0 Å². The van der Waals surface area contributed by atoms with Crippen molar-refractivity contribution in [1.82, 2.24) is 4.90 Å². The summed E-state index contributed by atoms with van der Waals surface area (Å²) in [6.07, 6.45) is 3.86. The zero-order valence-corrected chi connectivity index (χ0v) is 11.6. The molecule has 19 heavy (non-hydrogen) atoms. The van der Waals surface area contributed by atoms with Crippen molar-refractivity contribution in [1.29, 1.82) is 0 Å². The summed E-state index contributed by atoms with van der Waals surface area (Å²) in [4.78, 5) is 14.2. The molecule has 0 saturated carbocycles. The van der Waals surface area contributed by atoms with Crippen LogP contribution in [0.1, 0.15) is 31.7 Å². The second-order valence-corrected chi connectivity index (χ2v) is 5.49. The first kappa shape index (κ1) is 14.2. The smallest absolute Gasteiger partial charge is 0.151 e. The molecule has 3 heteroatoms. The van der Waals surface area contributed by atoms with Crippen LogP contribution in [0.15, 0.2) is 24.3 Å². The van der Waals surface area contributed by atoms with E-state index in [9.17, 15) is 9.18 Å². The van der Waals surface area contributed by atoms with Crippen molar-refractivity contribution in [2.24, 2.45) is 5.92 Å². The van der Waals surface area contributed by atoms with Gasteiger partial charge in [0.05, 0.1) is 6.54 Å². The normalized spacial score (nSPS) is 19.8. The summed E-state index contributed by atoms with van der Waals surface area (Å²) in [5.74, 6) is 0.578. The van der Waals surface area contributed by atoms with Gasteiger partial charge in [0.25, 0.3) is 0 Å². The van der Waals surface area contributed by atoms with Crippen LogP contribution in [0.5, 0.6) is 0 Å². The fraction of sp³-hybridized carbons (Fsp3) is 0.562. The highest BCUT2D eigenvalue weighted by molar-refractivity contribution is 5.82. The first-order chi connectivity index (χ1) is 9.19. The summed E-state index contributed by atoms with van der Waals surface area (Å²) >= 11 is 0. The van der Waals surface area contributed by atoms with Crippen LogP contribution in [-0.4, -0.2) is 30.3 Å². The third-order valence-electron chi connectivity index (χ3n) is 3.81. The third kappa shape index (κ3) is 4.13. The van der Waals surface area contributed by atoms with Gasteiger partial charge in [-0.05, 0) is 36.9 Å². The van der Waals surface area contributed by atoms with Gasteiger partial charge in [-0.1, -0.05) is 31.5 Å². The van der Waals surface area contributed by atoms with Crippen molar-refractivity contribution < 1.29 is 9.18 Å². The Morgan fingerprint density at radius 1 is 1.42 bits per heavy atom. The lowest BCUT2D eigenvalue weighted by Crippen LogP contribution is -2.28. The molecule has 0 bridgehead atoms. The van der Waals surface area contributed by atoms with Gasteiger partial charge in [0, 0.05) is 13.0 Å². The lowest BCUT2D eigenvalue weighted by molar-refractivity contribution is -0.119. The molecule has 104 valence electrons. The number of carbonyl (C=O) groups excluding carboxylic acids is 1. The molecule has 0 aromatic heterocycles. The molecule has 1 unspecified atom stereocenters. The van der Waals surface area contributed by atoms with Crippen molar-refractivity contribution >= 4 is 5.78 Å². The summed E-state index contributed by atoms with van der Waals surface area (Å²) in [5, 5.41) is 0. The van der Waals surface area contributed by atoms with Gasteiger partial charge in [0.15, 0.2) is 5.78 Å². The average Bonchev–Trinajstić information content (AvgIpc) is 2.80. The molecule has 1 atom stereocenters. The molecule has 0 radical (unpaired) electrons. The summed E-state index contributed by atoms with van der Waals surface area (Å²) < 4.78 is 13.5. The monoisotopic (exact) mass is 263 g/mol. The zero-order valence-electron chi connectivity index (χ0n) is 11.6. The summed E-state index contributed by atoms with van der Waals surface area (Å²) in [5.41, 5.74) is 0.511. The van der Waals surface area contributed by atoms with E-state index in [1.807, 2.05) is 0 Å². The molecule has 2 nitrogen and oxygen atoms in total. The Morgan fingerprint density at radius 2 is 2.21 bits per heavy atom. The minimum absolute atomic E-state index is 0.113. The van der Waals surface area contributed by atoms with E-state index in [1.54, 1.807) is 18.2 Å². The Kier molecular flexibility index (Phi) is 5.08. The maximum absolute atomic E-state index is 13.5. The molecule has 1 fully saturated rings. The second-order valence-electron chi connectivity index (χ2n) is 5.49. The van der Waals surface area contributed by atoms with E-state index in [2.05, 4.69) is 11.8 Å². The Morgan fingerprint density at radius 3 is 2.95 bits per heavy atom. The summed E-state index contributed by atoms with van der Waals surface area (Å²) in [6.45, 7) is 4.70. The Hall–Kier alpha value is -1.22. The fourth-order valence-corrected chi connectivity index (χ4v) is 2.86. The Labute approximate surface area is 114 Å². The minimum Gasteiger partial charge on any atom is -0.298 e. The van der Waals surface area contributed by atoms with Crippen molar-refractivity contribution in [3.8, 4) is 0 Å². The predicted molar refractivity (Wildman–Crippen MR) is 74.6 cm³/mol. The number of ketones is 1. The number of carbonyl (C=O) groups is 1. The van der Waals surface area contributed by atoms with E-state index in [-0.39, 0.29) is 18.0 Å². The van der Waals surface area contributed by atoms with Crippen LogP contribution in [0.25, 0.3) is 0 Å². The predicted octanol–water partition coefficient (Wildman–Crippen LogP) is 3.06. The zero-order chi connectivity index (χ0) is 13.7. The SMILES string of the molecule is CCCC1CCN(CC(=O)Cc2ccccc2F)C1. The van der Waals surface area contributed by atoms with Crippen LogP contribution < -0.4 is 0 Å². The molecule has 0 aliphatic carbocycles. The molecule has 0 spiro atoms. The molecule has 1 heterocycles. The highest BCUT2D eigenvalue weighted by Crippen LogP contribution is 2.20. The van der Waals surface area contributed by atoms with E-state index in [4.69, 9.17) is 0 Å². The fourth-order valence-electron chi connectivity index (χ4n) is 2.86. The molecule has 0 N–H and O–H groups in total. The summed E-state index contributed by atoms with van der Waals surface area (Å²) in [6, 6.07) is 6.53. The van der Waals surface area contributed by atoms with Gasteiger partial charge in [-0.3, -0.25) is 9.69 Å². The lowest BCUT2D eigenvalue weighted by Gasteiger charge is -2.15. The second kappa shape index (κ2) is 6.80. The molecular weight excluding hydrogens is 241 g/mol. The molecule has 1 saturated heterocycles. The first-order valence-corrected chi connectivity index (χ1v) is 7.16. The standard InChI is InChI=1S/C16H22FNO/c1-2-5-13-8-9-18(11-13)12-15(19)10-14-6-3-4-7-16(14)17/h3-4,6-7,13H,2,5,8-12H2,1H3. The van der Waals surface area contributed by atoms with E-state index >= 15 is 0 Å². The van der Waals surface area contributed by atoms with E-state index in [0.29, 0.717) is 12.1 Å². The van der Waals surface area contributed by atoms with Crippen molar-refractivity contribution in [3.05, 3.63) is 35.6 Å². The number of Topliss-reactive ketones (excluding diaryl/α,β-unsaturated/α-hetero) is 1. The van der Waals surface area contributed by atoms with Gasteiger partial charge in [0.2, 0.25) is 0 Å². The quantitative estimate of drug-likeness (QED) is 0.786. The maximum Gasteiger partial charge on any atom is 0.151 e. The number of rotatable bonds is 6. The molecular formula is C16H22FNO. The van der Waals surface area contributed by atoms with Gasteiger partial charge in [0.1, 0.15) is 5.82 Å². The van der Waals surface area contributed by atoms with Crippen LogP contribution in [0.3, 0.4) is 0 Å². The number of hydrogen-bond donors (Lipinski definition) is 0. The van der Waals surface area contributed by atoms with Gasteiger partial charge in [-0.25, -0.2) is 4.39 Å². The average molecular weight is 263 g/mol. The largest absolute Gasteiger partial charge is 0.298 e. The minimum atomic E-state index is -0.277. The topological polar surface area (TPSA) is 20.3 Å². The number of likely N-dealkylation sites (tertiary alicyclic amines) is 1. The van der Waals surface area contributed by atoms with E-state index in [0.717, 1.165) is 19.0 Å². The van der Waals surface area contributed by atoms with Crippen LogP contribution in [0, 0.1) is 11.7 Å². The van der Waals surface area contributed by atoms with Crippen LogP contribution in [0.2, 0.25) is 0 Å². The number of hydrogen-bond acceptors (Lipinski definition) is 2. The number of benzene rings is 1. The van der Waals surface area contributed by atoms with E-state index < -0.39 is 0 Å². The Bertz CT molecular complexity index is 433. The van der Waals surface area contributed by atoms with Gasteiger partial charge >= 0.3 is 0 Å². The number of nitrogens with zero attached hydrogens (tertiary/aromatic N) is 1. The van der Waals surface area contributed by atoms with E-state index in [1.165, 1.54) is 25.3 Å². The van der Waals surface area contributed by atoms with Gasteiger partial charge in [-0.15, -0.1) is 0 Å². The Balaban J connectivity index is 1.81. The third-order valence-corrected chi connectivity index (χ3v) is 3.81. The van der Waals surface area contributed by atoms with Crippen LogP contribution in [0.4, 0.5) is 4.39 Å². The van der Waals surface area contributed by atoms with Crippen molar-refractivity contribution in [2.75, 3.05) is 19.6 Å². The lowest BCUT2D eigenvalue weighted by atomic mass is 10.0. The van der Waals surface area contributed by atoms with Crippen molar-refractivity contribution in [2.45, 2.75) is 32.6 Å². The molecule has 1 aliphatic rings. The maximum atomic E-state index is 13.5. The van der Waals surface area contributed by atoms with Crippen LogP contribution in [-0.2, 0) is 11.2 Å². The summed E-state index contributed by atoms with van der Waals surface area (Å²) in [7, 11) is 0. The number of halogens is 1. The van der Waals surface area contributed by atoms with Crippen LogP contribution >= 0.6 is 0 Å². The molecule has 1 aromatic carbocycles. The molecule has 1 aliphatic heterocycles. The highest BCUT2D eigenvalue weighted by Gasteiger charge is 2.23.